The molecule has 0 saturated carbocycles. The zero-order valence-corrected chi connectivity index (χ0v) is 7.25. The maximum atomic E-state index is 8.72. The van der Waals surface area contributed by atoms with E-state index in [4.69, 9.17) is 10.5 Å². The van der Waals surface area contributed by atoms with Crippen LogP contribution in [0.25, 0.3) is 0 Å². The minimum absolute atomic E-state index is 0.480. The molecule has 1 atom stereocenters. The fraction of sp³-hybridized carbons (Fsp3) is 0.222. The molecule has 4 nitrogen and oxygen atoms in total. The quantitative estimate of drug-likeness (QED) is 0.310. The van der Waals surface area contributed by atoms with Crippen LogP contribution in [0.3, 0.4) is 0 Å². The van der Waals surface area contributed by atoms with Gasteiger partial charge in [-0.15, -0.1) is 5.16 Å². The summed E-state index contributed by atoms with van der Waals surface area (Å²) in [5, 5.41) is 19.9. The van der Waals surface area contributed by atoms with Gasteiger partial charge in [-0.25, -0.2) is 4.57 Å². The Hall–Kier alpha value is -1.89. The number of rotatable bonds is 2. The van der Waals surface area contributed by atoms with E-state index in [1.54, 1.807) is 0 Å². The summed E-state index contributed by atoms with van der Waals surface area (Å²) in [6, 6.07) is 5.65. The molecule has 0 aromatic carbocycles. The molecule has 13 heavy (non-hydrogen) atoms. The molecule has 1 aromatic rings. The lowest BCUT2D eigenvalue weighted by atomic mass is 10.0. The van der Waals surface area contributed by atoms with Crippen LogP contribution in [0.15, 0.2) is 29.7 Å². The van der Waals surface area contributed by atoms with Crippen molar-refractivity contribution >= 4 is 6.21 Å². The molecule has 0 fully saturated rings. The van der Waals surface area contributed by atoms with Crippen molar-refractivity contribution in [3.05, 3.63) is 30.1 Å². The minimum atomic E-state index is -0.480. The Bertz CT molecular complexity index is 337. The Kier molecular flexibility index (Phi) is 2.98. The number of aryl methyl sites for hydroxylation is 1. The number of hydrogen-bond acceptors (Lipinski definition) is 3. The van der Waals surface area contributed by atoms with Crippen molar-refractivity contribution in [2.75, 3.05) is 0 Å². The van der Waals surface area contributed by atoms with Crippen molar-refractivity contribution in [1.82, 2.24) is 0 Å². The highest BCUT2D eigenvalue weighted by molar-refractivity contribution is 5.70. The maximum Gasteiger partial charge on any atom is 0.168 e. The van der Waals surface area contributed by atoms with Crippen LogP contribution in [0, 0.1) is 11.3 Å². The molecule has 0 saturated heterocycles. The molecule has 1 aromatic heterocycles. The Balaban J connectivity index is 2.94. The van der Waals surface area contributed by atoms with E-state index in [1.165, 1.54) is 6.21 Å². The van der Waals surface area contributed by atoms with Gasteiger partial charge in [-0.05, 0) is 5.56 Å². The normalized spacial score (nSPS) is 12.6. The molecule has 0 radical (unpaired) electrons. The van der Waals surface area contributed by atoms with Gasteiger partial charge >= 0.3 is 0 Å². The second-order valence-electron chi connectivity index (χ2n) is 2.67. The van der Waals surface area contributed by atoms with E-state index < -0.39 is 5.92 Å². The Morgan fingerprint density at radius 1 is 1.62 bits per heavy atom. The van der Waals surface area contributed by atoms with Crippen LogP contribution >= 0.6 is 0 Å². The minimum Gasteiger partial charge on any atom is -0.411 e. The predicted molar refractivity (Wildman–Crippen MR) is 46.3 cm³/mol. The first-order valence-corrected chi connectivity index (χ1v) is 3.80. The fourth-order valence-electron chi connectivity index (χ4n) is 0.980. The van der Waals surface area contributed by atoms with Gasteiger partial charge in [-0.3, -0.25) is 0 Å². The first-order valence-electron chi connectivity index (χ1n) is 3.80. The van der Waals surface area contributed by atoms with Gasteiger partial charge in [0.25, 0.3) is 0 Å². The molecule has 0 aliphatic carbocycles. The molecule has 0 aliphatic heterocycles. The van der Waals surface area contributed by atoms with E-state index in [1.807, 2.05) is 42.2 Å². The van der Waals surface area contributed by atoms with Crippen LogP contribution in [0.1, 0.15) is 11.5 Å². The van der Waals surface area contributed by atoms with Gasteiger partial charge in [0, 0.05) is 12.1 Å². The molecule has 1 unspecified atom stereocenters. The van der Waals surface area contributed by atoms with Gasteiger partial charge in [0.1, 0.15) is 13.0 Å². The van der Waals surface area contributed by atoms with Gasteiger partial charge in [-0.2, -0.15) is 5.26 Å². The first kappa shape index (κ1) is 9.20. The van der Waals surface area contributed by atoms with Crippen LogP contribution in [0.2, 0.25) is 0 Å². The highest BCUT2D eigenvalue weighted by Crippen LogP contribution is 2.09. The second kappa shape index (κ2) is 4.21. The van der Waals surface area contributed by atoms with E-state index in [-0.39, 0.29) is 0 Å². The van der Waals surface area contributed by atoms with Gasteiger partial charge < -0.3 is 5.21 Å². The summed E-state index contributed by atoms with van der Waals surface area (Å²) in [5.41, 5.74) is 0.818. The standard InChI is InChI=1S/C9H9N3O/c1-12-4-2-8(3-5-12)9(6-10)7-11-13/h2-5,7,9H,1H3/p+1/b11-7-. The molecule has 0 aliphatic rings. The lowest BCUT2D eigenvalue weighted by molar-refractivity contribution is -0.671. The lowest BCUT2D eigenvalue weighted by Gasteiger charge is -1.99. The summed E-state index contributed by atoms with van der Waals surface area (Å²) >= 11 is 0. The van der Waals surface area contributed by atoms with Crippen molar-refractivity contribution in [3.63, 3.8) is 0 Å². The zero-order valence-electron chi connectivity index (χ0n) is 7.25. The van der Waals surface area contributed by atoms with Crippen LogP contribution < -0.4 is 4.57 Å². The lowest BCUT2D eigenvalue weighted by Crippen LogP contribution is -2.26. The molecule has 66 valence electrons. The molecule has 0 amide bonds. The summed E-state index contributed by atoms with van der Waals surface area (Å²) in [6.45, 7) is 0. The smallest absolute Gasteiger partial charge is 0.168 e. The maximum absolute atomic E-state index is 8.72. The van der Waals surface area contributed by atoms with E-state index in [0.717, 1.165) is 5.56 Å². The third-order valence-corrected chi connectivity index (χ3v) is 1.72. The molecule has 0 bridgehead atoms. The van der Waals surface area contributed by atoms with Crippen LogP contribution in [0.5, 0.6) is 0 Å². The van der Waals surface area contributed by atoms with Crippen LogP contribution in [-0.4, -0.2) is 11.4 Å². The van der Waals surface area contributed by atoms with Crippen molar-refractivity contribution in [2.45, 2.75) is 5.92 Å². The van der Waals surface area contributed by atoms with Crippen molar-refractivity contribution in [2.24, 2.45) is 12.2 Å². The monoisotopic (exact) mass is 176 g/mol. The van der Waals surface area contributed by atoms with E-state index >= 15 is 0 Å². The van der Waals surface area contributed by atoms with Crippen LogP contribution in [0.4, 0.5) is 0 Å². The Morgan fingerprint density at radius 3 is 2.69 bits per heavy atom. The Morgan fingerprint density at radius 2 is 2.23 bits per heavy atom. The topological polar surface area (TPSA) is 60.3 Å². The summed E-state index contributed by atoms with van der Waals surface area (Å²) in [7, 11) is 1.89. The summed E-state index contributed by atoms with van der Waals surface area (Å²) in [4.78, 5) is 0. The van der Waals surface area contributed by atoms with Gasteiger partial charge in [-0.1, -0.05) is 0 Å². The van der Waals surface area contributed by atoms with Gasteiger partial charge in [0.2, 0.25) is 0 Å². The zero-order chi connectivity index (χ0) is 9.68. The van der Waals surface area contributed by atoms with Crippen molar-refractivity contribution in [1.29, 1.82) is 5.26 Å². The average molecular weight is 176 g/mol. The van der Waals surface area contributed by atoms with Crippen LogP contribution in [-0.2, 0) is 7.05 Å². The number of aromatic nitrogens is 1. The van der Waals surface area contributed by atoms with E-state index in [0.29, 0.717) is 0 Å². The largest absolute Gasteiger partial charge is 0.411 e. The number of hydrogen-bond donors (Lipinski definition) is 1. The summed E-state index contributed by atoms with van der Waals surface area (Å²) in [6.07, 6.45) is 4.88. The molecule has 4 heteroatoms. The highest BCUT2D eigenvalue weighted by Gasteiger charge is 2.08. The van der Waals surface area contributed by atoms with Crippen molar-refractivity contribution in [3.8, 4) is 6.07 Å². The summed E-state index contributed by atoms with van der Waals surface area (Å²) in [5.74, 6) is -0.480. The van der Waals surface area contributed by atoms with E-state index in [2.05, 4.69) is 5.16 Å². The third kappa shape index (κ3) is 2.27. The predicted octanol–water partition coefficient (Wildman–Crippen LogP) is 0.578. The van der Waals surface area contributed by atoms with Gasteiger partial charge in [0.15, 0.2) is 12.4 Å². The number of oxime groups is 1. The second-order valence-corrected chi connectivity index (χ2v) is 2.67. The van der Waals surface area contributed by atoms with E-state index in [9.17, 15) is 0 Å². The first-order chi connectivity index (χ1) is 6.27. The third-order valence-electron chi connectivity index (χ3n) is 1.72. The Labute approximate surface area is 76.4 Å². The van der Waals surface area contributed by atoms with Crippen molar-refractivity contribution < 1.29 is 9.77 Å². The number of pyridine rings is 1. The number of nitrogens with zero attached hydrogens (tertiary/aromatic N) is 3. The molecule has 1 rings (SSSR count). The molecule has 1 N–H and O–H groups in total. The SMILES string of the molecule is C[n+]1ccc(C(C#N)/C=N\O)cc1. The average Bonchev–Trinajstić information content (AvgIpc) is 2.16. The number of nitriles is 1. The molecular formula is C9H10N3O+. The molecule has 0 spiro atoms. The fourth-order valence-corrected chi connectivity index (χ4v) is 0.980. The van der Waals surface area contributed by atoms with Gasteiger partial charge in [0.05, 0.1) is 12.3 Å². The highest BCUT2D eigenvalue weighted by atomic mass is 16.4. The molecule has 1 heterocycles. The molecular weight excluding hydrogens is 166 g/mol. The summed E-state index contributed by atoms with van der Waals surface area (Å²) < 4.78 is 1.87.